The lowest BCUT2D eigenvalue weighted by atomic mass is 9.84. The number of fused-ring (bicyclic) bond motifs is 2. The highest BCUT2D eigenvalue weighted by atomic mass is 19.1. The molecule has 0 radical (unpaired) electrons. The van der Waals surface area contributed by atoms with Crippen LogP contribution in [-0.4, -0.2) is 54.3 Å². The molecule has 1 saturated carbocycles. The van der Waals surface area contributed by atoms with Crippen LogP contribution < -0.4 is 20.1 Å². The van der Waals surface area contributed by atoms with Crippen LogP contribution in [0.2, 0.25) is 0 Å². The molecular weight excluding hydrogens is 603 g/mol. The highest BCUT2D eigenvalue weighted by Gasteiger charge is 2.37. The van der Waals surface area contributed by atoms with Crippen LogP contribution in [0.15, 0.2) is 53.1 Å². The Kier molecular flexibility index (Phi) is 8.98. The van der Waals surface area contributed by atoms with E-state index in [0.29, 0.717) is 34.9 Å². The number of ether oxygens (including phenoxy) is 3. The summed E-state index contributed by atoms with van der Waals surface area (Å²) in [7, 11) is 3.13. The molecule has 1 fully saturated rings. The van der Waals surface area contributed by atoms with Crippen molar-refractivity contribution in [3.63, 3.8) is 0 Å². The Morgan fingerprint density at radius 1 is 1.11 bits per heavy atom. The third kappa shape index (κ3) is 6.70. The van der Waals surface area contributed by atoms with Gasteiger partial charge in [0.2, 0.25) is 0 Å². The number of carbonyl (C=O) groups is 2. The van der Waals surface area contributed by atoms with Crippen molar-refractivity contribution in [3.8, 4) is 22.8 Å². The fourth-order valence-electron chi connectivity index (χ4n) is 6.53. The van der Waals surface area contributed by atoms with Gasteiger partial charge in [-0.25, -0.2) is 14.2 Å². The minimum Gasteiger partial charge on any atom is -0.497 e. The number of anilines is 1. The monoisotopic (exact) mass is 644 g/mol. The molecule has 2 atom stereocenters. The molecule has 11 heteroatoms. The molecule has 1 aliphatic heterocycles. The van der Waals surface area contributed by atoms with Gasteiger partial charge < -0.3 is 34.2 Å². The largest absolute Gasteiger partial charge is 0.497 e. The van der Waals surface area contributed by atoms with E-state index in [1.165, 1.54) is 0 Å². The fraction of sp³-hybridized carbons (Fsp3) is 0.417. The van der Waals surface area contributed by atoms with Crippen molar-refractivity contribution in [1.29, 1.82) is 0 Å². The van der Waals surface area contributed by atoms with Gasteiger partial charge >= 0.3 is 6.09 Å². The van der Waals surface area contributed by atoms with Crippen molar-refractivity contribution in [1.82, 2.24) is 15.2 Å². The first-order chi connectivity index (χ1) is 22.6. The van der Waals surface area contributed by atoms with Crippen molar-refractivity contribution in [2.75, 3.05) is 26.1 Å². The number of methoxy groups -OCH3 is 2. The Hall–Kier alpha value is -4.80. The van der Waals surface area contributed by atoms with Crippen LogP contribution in [0.4, 0.5) is 15.0 Å². The van der Waals surface area contributed by atoms with E-state index in [4.69, 9.17) is 23.6 Å². The van der Waals surface area contributed by atoms with E-state index in [2.05, 4.69) is 10.6 Å². The molecule has 2 aliphatic rings. The molecule has 2 aromatic carbocycles. The van der Waals surface area contributed by atoms with Gasteiger partial charge in [-0.2, -0.15) is 0 Å². The molecule has 3 heterocycles. The molecule has 0 saturated heterocycles. The number of rotatable bonds is 9. The molecule has 1 aliphatic carbocycles. The quantitative estimate of drug-likeness (QED) is 0.195. The Bertz CT molecular complexity index is 1800. The highest BCUT2D eigenvalue weighted by Crippen LogP contribution is 2.40. The number of halogens is 1. The molecular formula is C36H41FN4O6. The number of pyridine rings is 1. The van der Waals surface area contributed by atoms with Gasteiger partial charge in [-0.15, -0.1) is 0 Å². The van der Waals surface area contributed by atoms with E-state index >= 15 is 4.39 Å². The number of carbonyl (C=O) groups excluding carboxylic acids is 2. The predicted octanol–water partition coefficient (Wildman–Crippen LogP) is 7.30. The molecule has 2 aromatic heterocycles. The van der Waals surface area contributed by atoms with Gasteiger partial charge in [0.05, 0.1) is 32.0 Å². The summed E-state index contributed by atoms with van der Waals surface area (Å²) in [6, 6.07) is 12.8. The number of nitrogens with one attached hydrogen (secondary N) is 2. The molecule has 2 amide bonds. The predicted molar refractivity (Wildman–Crippen MR) is 176 cm³/mol. The van der Waals surface area contributed by atoms with Crippen LogP contribution in [0, 0.1) is 11.7 Å². The summed E-state index contributed by atoms with van der Waals surface area (Å²) in [5.74, 6) is 0.388. The first-order valence-electron chi connectivity index (χ1n) is 16.0. The molecule has 0 spiro atoms. The molecule has 0 unspecified atom stereocenters. The lowest BCUT2D eigenvalue weighted by molar-refractivity contribution is 0.0472. The van der Waals surface area contributed by atoms with Crippen molar-refractivity contribution in [2.45, 2.75) is 71.2 Å². The number of aromatic nitrogens is 1. The SMILES string of the molecule is COc1ccc(CN2Cc3c(F)c(NC[C@@H]4CCCC[C@@H]4NC(=O)OC(C)(C)C)nc(-c4coc5ccccc45)c3C2=O)c(OC)c1. The van der Waals surface area contributed by atoms with Gasteiger partial charge in [0.1, 0.15) is 28.9 Å². The Balaban J connectivity index is 1.32. The van der Waals surface area contributed by atoms with E-state index in [-0.39, 0.29) is 47.9 Å². The third-order valence-electron chi connectivity index (χ3n) is 8.82. The minimum absolute atomic E-state index is 0.0320. The number of alkyl carbamates (subject to hydrolysis) is 1. The Morgan fingerprint density at radius 2 is 1.89 bits per heavy atom. The van der Waals surface area contributed by atoms with Gasteiger partial charge in [-0.05, 0) is 57.7 Å². The summed E-state index contributed by atoms with van der Waals surface area (Å²) in [4.78, 5) is 33.0. The zero-order chi connectivity index (χ0) is 33.3. The van der Waals surface area contributed by atoms with Gasteiger partial charge in [-0.1, -0.05) is 31.0 Å². The maximum atomic E-state index is 16.4. The maximum absolute atomic E-state index is 16.4. The van der Waals surface area contributed by atoms with Crippen molar-refractivity contribution < 1.29 is 32.6 Å². The second-order valence-corrected chi connectivity index (χ2v) is 13.1. The van der Waals surface area contributed by atoms with Crippen LogP contribution in [0.3, 0.4) is 0 Å². The summed E-state index contributed by atoms with van der Waals surface area (Å²) in [6.07, 6.45) is 4.75. The van der Waals surface area contributed by atoms with Crippen molar-refractivity contribution >= 4 is 28.8 Å². The average Bonchev–Trinajstić information content (AvgIpc) is 3.62. The van der Waals surface area contributed by atoms with Gasteiger partial charge in [-0.3, -0.25) is 4.79 Å². The van der Waals surface area contributed by atoms with Crippen LogP contribution in [0.25, 0.3) is 22.2 Å². The Labute approximate surface area is 273 Å². The van der Waals surface area contributed by atoms with Gasteiger partial charge in [0.15, 0.2) is 11.6 Å². The standard InChI is InChI=1S/C36H41FN4O6/c1-36(2,3)47-35(43)39-27-12-8-6-10-21(27)17-38-33-31(37)25-19-41(18-22-14-15-23(44-4)16-29(22)45-5)34(42)30(25)32(40-33)26-20-46-28-13-9-7-11-24(26)28/h7,9,11,13-16,20-21,27H,6,8,10,12,17-19H2,1-5H3,(H,38,40)(H,39,43)/t21-,27-/m0/s1. The third-order valence-corrected chi connectivity index (χ3v) is 8.82. The van der Waals surface area contributed by atoms with Crippen LogP contribution in [-0.2, 0) is 17.8 Å². The first-order valence-corrected chi connectivity index (χ1v) is 16.0. The van der Waals surface area contributed by atoms with Crippen LogP contribution >= 0.6 is 0 Å². The molecule has 4 aromatic rings. The summed E-state index contributed by atoms with van der Waals surface area (Å²) in [5.41, 5.74) is 2.25. The second kappa shape index (κ2) is 13.1. The Morgan fingerprint density at radius 3 is 2.66 bits per heavy atom. The minimum atomic E-state index is -0.610. The number of benzene rings is 2. The maximum Gasteiger partial charge on any atom is 0.407 e. The second-order valence-electron chi connectivity index (χ2n) is 13.1. The lowest BCUT2D eigenvalue weighted by Gasteiger charge is -2.33. The molecule has 10 nitrogen and oxygen atoms in total. The van der Waals surface area contributed by atoms with Crippen molar-refractivity contribution in [3.05, 3.63) is 71.2 Å². The number of nitrogens with zero attached hydrogens (tertiary/aromatic N) is 2. The molecule has 2 N–H and O–H groups in total. The number of furan rings is 1. The smallest absolute Gasteiger partial charge is 0.407 e. The zero-order valence-electron chi connectivity index (χ0n) is 27.4. The number of para-hydroxylation sites is 1. The van der Waals surface area contributed by atoms with E-state index in [1.54, 1.807) is 37.5 Å². The van der Waals surface area contributed by atoms with Gasteiger partial charge in [0, 0.05) is 47.3 Å². The van der Waals surface area contributed by atoms with E-state index in [0.717, 1.165) is 36.6 Å². The number of hydrogen-bond acceptors (Lipinski definition) is 8. The summed E-state index contributed by atoms with van der Waals surface area (Å²) >= 11 is 0. The van der Waals surface area contributed by atoms with E-state index in [1.807, 2.05) is 51.1 Å². The normalized spacial score (nSPS) is 17.8. The summed E-state index contributed by atoms with van der Waals surface area (Å²) in [6.45, 7) is 6.13. The number of hydrogen-bond donors (Lipinski definition) is 2. The molecule has 6 rings (SSSR count). The average molecular weight is 645 g/mol. The summed E-state index contributed by atoms with van der Waals surface area (Å²) < 4.78 is 38.6. The molecule has 47 heavy (non-hydrogen) atoms. The van der Waals surface area contributed by atoms with E-state index < -0.39 is 17.5 Å². The van der Waals surface area contributed by atoms with E-state index in [9.17, 15) is 9.59 Å². The number of amides is 2. The molecule has 248 valence electrons. The van der Waals surface area contributed by atoms with Gasteiger partial charge in [0.25, 0.3) is 5.91 Å². The van der Waals surface area contributed by atoms with Crippen LogP contribution in [0.1, 0.15) is 67.9 Å². The summed E-state index contributed by atoms with van der Waals surface area (Å²) in [5, 5.41) is 7.05. The topological polar surface area (TPSA) is 115 Å². The molecule has 0 bridgehead atoms. The van der Waals surface area contributed by atoms with Crippen LogP contribution in [0.5, 0.6) is 11.5 Å². The first kappa shape index (κ1) is 32.2. The fourth-order valence-corrected chi connectivity index (χ4v) is 6.53. The zero-order valence-corrected chi connectivity index (χ0v) is 27.4. The highest BCUT2D eigenvalue weighted by molar-refractivity contribution is 6.07. The van der Waals surface area contributed by atoms with Crippen molar-refractivity contribution in [2.24, 2.45) is 5.92 Å². The lowest BCUT2D eigenvalue weighted by Crippen LogP contribution is -2.46.